The molecule has 0 aromatic rings. The third kappa shape index (κ3) is 3.67. The molecule has 32 heavy (non-hydrogen) atoms. The van der Waals surface area contributed by atoms with Crippen LogP contribution in [0.2, 0.25) is 0 Å². The Hall–Kier alpha value is -1.24. The van der Waals surface area contributed by atoms with Gasteiger partial charge in [-0.2, -0.15) is 0 Å². The van der Waals surface area contributed by atoms with E-state index in [4.69, 9.17) is 9.47 Å². The third-order valence-electron chi connectivity index (χ3n) is 9.55. The second kappa shape index (κ2) is 8.52. The fourth-order valence-electron chi connectivity index (χ4n) is 8.11. The van der Waals surface area contributed by atoms with Crippen molar-refractivity contribution in [2.24, 2.45) is 40.4 Å². The summed E-state index contributed by atoms with van der Waals surface area (Å²) in [5.41, 5.74) is -0.544. The van der Waals surface area contributed by atoms with Crippen LogP contribution in [0.3, 0.4) is 0 Å². The summed E-state index contributed by atoms with van der Waals surface area (Å²) in [6.07, 6.45) is 6.19. The normalized spacial score (nSPS) is 45.3. The summed E-state index contributed by atoms with van der Waals surface area (Å²) >= 11 is 3.77. The van der Waals surface area contributed by atoms with Gasteiger partial charge in [0.25, 0.3) is 0 Å². The van der Waals surface area contributed by atoms with Crippen LogP contribution in [0, 0.1) is 40.4 Å². The molecule has 4 aliphatic carbocycles. The number of fused-ring (bicyclic) bond motifs is 5. The molecule has 0 aliphatic heterocycles. The Morgan fingerprint density at radius 2 is 1.75 bits per heavy atom. The first kappa shape index (κ1) is 23.9. The smallest absolute Gasteiger partial charge is 0.303 e. The number of halogens is 1. The van der Waals surface area contributed by atoms with Gasteiger partial charge in [-0.3, -0.25) is 19.2 Å². The van der Waals surface area contributed by atoms with E-state index in [0.717, 1.165) is 44.9 Å². The molecular formula is C25H35BrO6. The van der Waals surface area contributed by atoms with E-state index in [1.165, 1.54) is 13.8 Å². The van der Waals surface area contributed by atoms with E-state index in [1.54, 1.807) is 0 Å². The number of Topliss-reactive ketones (excluding diaryl/α,β-unsaturated/α-hetero) is 2. The molecule has 0 aromatic carbocycles. The predicted octanol–water partition coefficient (Wildman–Crippen LogP) is 4.26. The Kier molecular flexibility index (Phi) is 6.36. The highest BCUT2D eigenvalue weighted by Crippen LogP contribution is 2.67. The van der Waals surface area contributed by atoms with Gasteiger partial charge in [0.05, 0.1) is 4.83 Å². The number of hydrogen-bond donors (Lipinski definition) is 0. The summed E-state index contributed by atoms with van der Waals surface area (Å²) < 4.78 is 10.5. The van der Waals surface area contributed by atoms with E-state index in [2.05, 4.69) is 29.8 Å². The molecule has 9 atom stereocenters. The second-order valence-electron chi connectivity index (χ2n) is 11.0. The zero-order valence-electron chi connectivity index (χ0n) is 19.5. The van der Waals surface area contributed by atoms with Gasteiger partial charge < -0.3 is 9.47 Å². The van der Waals surface area contributed by atoms with E-state index in [1.807, 2.05) is 0 Å². The molecule has 178 valence electrons. The van der Waals surface area contributed by atoms with Crippen LogP contribution in [0.4, 0.5) is 0 Å². The number of ketones is 2. The molecule has 0 aromatic heterocycles. The minimum Gasteiger partial charge on any atom is -0.463 e. The van der Waals surface area contributed by atoms with Crippen molar-refractivity contribution in [1.29, 1.82) is 0 Å². The van der Waals surface area contributed by atoms with Gasteiger partial charge >= 0.3 is 11.9 Å². The lowest BCUT2D eigenvalue weighted by atomic mass is 9.44. The number of hydrogen-bond acceptors (Lipinski definition) is 6. The first-order valence-corrected chi connectivity index (χ1v) is 12.9. The SMILES string of the molecule is CC(=O)OCC(=O)[C@@H]1CC[C@@H]2[C@@H]3CC[C@@H]4C[C@H](OC(C)=O)CC[C@]4(C)[C@@H]3C(=O)[C@H](Br)[C@@]21C. The van der Waals surface area contributed by atoms with Crippen molar-refractivity contribution < 1.29 is 28.7 Å². The van der Waals surface area contributed by atoms with Crippen LogP contribution in [0.1, 0.15) is 72.6 Å². The van der Waals surface area contributed by atoms with E-state index < -0.39 is 11.4 Å². The molecule has 6 nitrogen and oxygen atoms in total. The van der Waals surface area contributed by atoms with Gasteiger partial charge in [0.2, 0.25) is 0 Å². The Morgan fingerprint density at radius 3 is 2.41 bits per heavy atom. The van der Waals surface area contributed by atoms with Crippen molar-refractivity contribution in [3.8, 4) is 0 Å². The Labute approximate surface area is 198 Å². The minimum atomic E-state index is -0.455. The molecule has 4 rings (SSSR count). The van der Waals surface area contributed by atoms with E-state index in [0.29, 0.717) is 11.8 Å². The fraction of sp³-hybridized carbons (Fsp3) is 0.840. The van der Waals surface area contributed by atoms with Gasteiger partial charge in [-0.05, 0) is 73.5 Å². The lowest BCUT2D eigenvalue weighted by Crippen LogP contribution is -2.62. The highest BCUT2D eigenvalue weighted by molar-refractivity contribution is 9.10. The Balaban J connectivity index is 1.58. The average molecular weight is 511 g/mol. The van der Waals surface area contributed by atoms with Crippen LogP contribution >= 0.6 is 15.9 Å². The molecule has 0 radical (unpaired) electrons. The van der Waals surface area contributed by atoms with Gasteiger partial charge in [-0.1, -0.05) is 29.8 Å². The molecular weight excluding hydrogens is 476 g/mol. The van der Waals surface area contributed by atoms with Crippen molar-refractivity contribution in [1.82, 2.24) is 0 Å². The molecule has 4 aliphatic rings. The molecule has 0 saturated heterocycles. The fourth-order valence-corrected chi connectivity index (χ4v) is 9.05. The second-order valence-corrected chi connectivity index (χ2v) is 12.0. The summed E-state index contributed by atoms with van der Waals surface area (Å²) in [5, 5.41) is 0. The van der Waals surface area contributed by atoms with Crippen molar-refractivity contribution in [2.75, 3.05) is 6.61 Å². The third-order valence-corrected chi connectivity index (χ3v) is 11.0. The molecule has 0 amide bonds. The lowest BCUT2D eigenvalue weighted by molar-refractivity contribution is -0.169. The monoisotopic (exact) mass is 510 g/mol. The molecule has 4 fully saturated rings. The zero-order valence-corrected chi connectivity index (χ0v) is 21.1. The van der Waals surface area contributed by atoms with Gasteiger partial charge in [-0.25, -0.2) is 0 Å². The average Bonchev–Trinajstić information content (AvgIpc) is 3.08. The summed E-state index contributed by atoms with van der Waals surface area (Å²) in [5.74, 6) is 0.135. The first-order valence-electron chi connectivity index (χ1n) is 12.0. The quantitative estimate of drug-likeness (QED) is 0.414. The van der Waals surface area contributed by atoms with Gasteiger partial charge in [-0.15, -0.1) is 0 Å². The predicted molar refractivity (Wildman–Crippen MR) is 121 cm³/mol. The largest absolute Gasteiger partial charge is 0.463 e. The minimum absolute atomic E-state index is 0.0238. The summed E-state index contributed by atoms with van der Waals surface area (Å²) in [6, 6.07) is 0. The maximum atomic E-state index is 13.9. The molecule has 4 saturated carbocycles. The molecule has 0 unspecified atom stereocenters. The highest BCUT2D eigenvalue weighted by atomic mass is 79.9. The van der Waals surface area contributed by atoms with Crippen molar-refractivity contribution >= 4 is 39.4 Å². The van der Waals surface area contributed by atoms with Crippen LogP contribution < -0.4 is 0 Å². The number of ether oxygens (including phenoxy) is 2. The lowest BCUT2D eigenvalue weighted by Gasteiger charge is -2.61. The topological polar surface area (TPSA) is 86.7 Å². The Morgan fingerprint density at radius 1 is 1.03 bits per heavy atom. The molecule has 0 heterocycles. The summed E-state index contributed by atoms with van der Waals surface area (Å²) in [6.45, 7) is 6.94. The summed E-state index contributed by atoms with van der Waals surface area (Å²) in [7, 11) is 0. The van der Waals surface area contributed by atoms with Crippen LogP contribution in [0.5, 0.6) is 0 Å². The van der Waals surface area contributed by atoms with Crippen molar-refractivity contribution in [2.45, 2.75) is 83.6 Å². The van der Waals surface area contributed by atoms with Gasteiger partial charge in [0.1, 0.15) is 12.7 Å². The Bertz CT molecular complexity index is 825. The zero-order chi connectivity index (χ0) is 23.4. The summed E-state index contributed by atoms with van der Waals surface area (Å²) in [4.78, 5) is 49.2. The molecule has 0 N–H and O–H groups in total. The van der Waals surface area contributed by atoms with Crippen LogP contribution in [0.15, 0.2) is 0 Å². The number of rotatable bonds is 4. The van der Waals surface area contributed by atoms with Crippen molar-refractivity contribution in [3.63, 3.8) is 0 Å². The van der Waals surface area contributed by atoms with Crippen LogP contribution in [-0.4, -0.2) is 41.0 Å². The van der Waals surface area contributed by atoms with E-state index in [9.17, 15) is 19.2 Å². The van der Waals surface area contributed by atoms with Crippen molar-refractivity contribution in [3.05, 3.63) is 0 Å². The number of esters is 2. The standard InChI is InChI=1S/C25H35BrO6/c1-13(27)31-12-20(29)19-8-7-18-17-6-5-15-11-16(32-14(2)28)9-10-24(15,3)21(17)22(30)23(26)25(18,19)4/h15-19,21,23H,5-12H2,1-4H3/t15-,16-,17+,18-,19+,21+,23+,24+,25+/m1/s1. The van der Waals surface area contributed by atoms with Gasteiger partial charge in [0, 0.05) is 25.7 Å². The molecule has 0 spiro atoms. The maximum Gasteiger partial charge on any atom is 0.303 e. The van der Waals surface area contributed by atoms with E-state index >= 15 is 0 Å². The maximum absolute atomic E-state index is 13.9. The van der Waals surface area contributed by atoms with Crippen LogP contribution in [0.25, 0.3) is 0 Å². The molecule has 0 bridgehead atoms. The first-order chi connectivity index (χ1) is 15.0. The van der Waals surface area contributed by atoms with Gasteiger partial charge in [0.15, 0.2) is 11.6 Å². The number of carbonyl (C=O) groups excluding carboxylic acids is 4. The van der Waals surface area contributed by atoms with Crippen LogP contribution in [-0.2, 0) is 28.7 Å². The molecule has 7 heteroatoms. The van der Waals surface area contributed by atoms with E-state index in [-0.39, 0.29) is 58.2 Å². The highest BCUT2D eigenvalue weighted by Gasteiger charge is 2.67. The number of carbonyl (C=O) groups is 4. The number of alkyl halides is 1.